The molecule has 0 amide bonds. The molecule has 2 atom stereocenters. The largest absolute Gasteiger partial charge is 0.348 e. The summed E-state index contributed by atoms with van der Waals surface area (Å²) in [6.45, 7) is 8.00. The van der Waals surface area contributed by atoms with Crippen LogP contribution in [0.5, 0.6) is 0 Å². The Bertz CT molecular complexity index is 389. The summed E-state index contributed by atoms with van der Waals surface area (Å²) in [4.78, 5) is 7.26. The van der Waals surface area contributed by atoms with Crippen LogP contribution in [0.15, 0.2) is 5.38 Å². The summed E-state index contributed by atoms with van der Waals surface area (Å²) < 4.78 is 0. The Morgan fingerprint density at radius 3 is 2.72 bits per heavy atom. The van der Waals surface area contributed by atoms with Crippen LogP contribution in [0.4, 0.5) is 5.13 Å². The summed E-state index contributed by atoms with van der Waals surface area (Å²) in [6, 6.07) is 0.769. The molecule has 1 aromatic rings. The van der Waals surface area contributed by atoms with Crippen molar-refractivity contribution in [1.82, 2.24) is 10.3 Å². The minimum Gasteiger partial charge on any atom is -0.348 e. The van der Waals surface area contributed by atoms with Crippen molar-refractivity contribution in [3.8, 4) is 0 Å². The molecule has 2 aliphatic rings. The van der Waals surface area contributed by atoms with Gasteiger partial charge in [-0.15, -0.1) is 11.3 Å². The van der Waals surface area contributed by atoms with Gasteiger partial charge < -0.3 is 10.2 Å². The predicted molar refractivity (Wildman–Crippen MR) is 77.1 cm³/mol. The molecule has 4 heteroatoms. The van der Waals surface area contributed by atoms with Crippen LogP contribution in [-0.2, 0) is 6.54 Å². The topological polar surface area (TPSA) is 28.2 Å². The van der Waals surface area contributed by atoms with Crippen molar-refractivity contribution < 1.29 is 0 Å². The second-order valence-electron chi connectivity index (χ2n) is 6.13. The lowest BCUT2D eigenvalue weighted by molar-refractivity contribution is 0.356. The maximum atomic E-state index is 4.78. The molecule has 0 bridgehead atoms. The highest BCUT2D eigenvalue weighted by Gasteiger charge is 2.24. The van der Waals surface area contributed by atoms with Gasteiger partial charge >= 0.3 is 0 Å². The van der Waals surface area contributed by atoms with E-state index in [0.29, 0.717) is 0 Å². The summed E-state index contributed by atoms with van der Waals surface area (Å²) in [6.07, 6.45) is 4.05. The Hall–Kier alpha value is -0.610. The quantitative estimate of drug-likeness (QED) is 0.907. The fourth-order valence-corrected chi connectivity index (χ4v) is 3.72. The van der Waals surface area contributed by atoms with Crippen molar-refractivity contribution >= 4 is 16.5 Å². The third kappa shape index (κ3) is 3.04. The van der Waals surface area contributed by atoms with Gasteiger partial charge in [-0.05, 0) is 31.1 Å². The Morgan fingerprint density at radius 1 is 1.33 bits per heavy atom. The molecule has 0 spiro atoms. The van der Waals surface area contributed by atoms with Gasteiger partial charge in [0, 0.05) is 31.1 Å². The van der Waals surface area contributed by atoms with E-state index in [1.165, 1.54) is 43.2 Å². The van der Waals surface area contributed by atoms with Crippen LogP contribution in [0.25, 0.3) is 0 Å². The summed E-state index contributed by atoms with van der Waals surface area (Å²) >= 11 is 1.81. The highest BCUT2D eigenvalue weighted by Crippen LogP contribution is 2.29. The first-order valence-corrected chi connectivity index (χ1v) is 8.01. The lowest BCUT2D eigenvalue weighted by atomic mass is 9.92. The van der Waals surface area contributed by atoms with Gasteiger partial charge in [0.05, 0.1) is 5.69 Å². The number of hydrogen-bond donors (Lipinski definition) is 1. The highest BCUT2D eigenvalue weighted by atomic mass is 32.1. The minimum absolute atomic E-state index is 0.769. The number of nitrogens with one attached hydrogen (secondary N) is 1. The van der Waals surface area contributed by atoms with E-state index in [-0.39, 0.29) is 0 Å². The molecule has 0 radical (unpaired) electrons. The molecule has 1 aliphatic heterocycles. The van der Waals surface area contributed by atoms with Gasteiger partial charge in [-0.2, -0.15) is 0 Å². The first-order chi connectivity index (χ1) is 8.70. The fraction of sp³-hybridized carbons (Fsp3) is 0.786. The van der Waals surface area contributed by atoms with Crippen LogP contribution >= 0.6 is 11.3 Å². The monoisotopic (exact) mass is 265 g/mol. The van der Waals surface area contributed by atoms with Crippen molar-refractivity contribution in [2.75, 3.05) is 18.0 Å². The van der Waals surface area contributed by atoms with Gasteiger partial charge in [0.25, 0.3) is 0 Å². The number of anilines is 1. The second-order valence-corrected chi connectivity index (χ2v) is 6.96. The third-order valence-electron chi connectivity index (χ3n) is 3.83. The molecule has 2 fully saturated rings. The van der Waals surface area contributed by atoms with Gasteiger partial charge in [-0.1, -0.05) is 13.8 Å². The van der Waals surface area contributed by atoms with E-state index in [1.54, 1.807) is 0 Å². The summed E-state index contributed by atoms with van der Waals surface area (Å²) in [7, 11) is 0. The van der Waals surface area contributed by atoms with E-state index < -0.39 is 0 Å². The van der Waals surface area contributed by atoms with E-state index in [1.807, 2.05) is 11.3 Å². The van der Waals surface area contributed by atoms with Gasteiger partial charge in [-0.3, -0.25) is 0 Å². The Labute approximate surface area is 114 Å². The molecular weight excluding hydrogens is 242 g/mol. The van der Waals surface area contributed by atoms with Gasteiger partial charge in [-0.25, -0.2) is 4.98 Å². The van der Waals surface area contributed by atoms with Crippen LogP contribution in [0.2, 0.25) is 0 Å². The van der Waals surface area contributed by atoms with Crippen molar-refractivity contribution in [2.24, 2.45) is 11.8 Å². The van der Waals surface area contributed by atoms with Crippen LogP contribution in [-0.4, -0.2) is 24.1 Å². The SMILES string of the molecule is CC1CC(C)CN(c2nc(CNC3CC3)cs2)C1. The van der Waals surface area contributed by atoms with E-state index in [4.69, 9.17) is 4.98 Å². The lowest BCUT2D eigenvalue weighted by Gasteiger charge is -2.34. The van der Waals surface area contributed by atoms with E-state index in [0.717, 1.165) is 24.4 Å². The molecule has 100 valence electrons. The maximum absolute atomic E-state index is 4.78. The van der Waals surface area contributed by atoms with Crippen LogP contribution in [0.3, 0.4) is 0 Å². The molecule has 1 aromatic heterocycles. The molecule has 2 heterocycles. The number of hydrogen-bond acceptors (Lipinski definition) is 4. The molecule has 2 unspecified atom stereocenters. The Morgan fingerprint density at radius 2 is 2.06 bits per heavy atom. The molecule has 3 rings (SSSR count). The van der Waals surface area contributed by atoms with E-state index >= 15 is 0 Å². The summed E-state index contributed by atoms with van der Waals surface area (Å²) in [5, 5.41) is 6.97. The van der Waals surface area contributed by atoms with Gasteiger partial charge in [0.1, 0.15) is 0 Å². The number of thiazole rings is 1. The van der Waals surface area contributed by atoms with E-state index in [9.17, 15) is 0 Å². The first-order valence-electron chi connectivity index (χ1n) is 7.13. The first kappa shape index (κ1) is 12.4. The standard InChI is InChI=1S/C14H23N3S/c1-10-5-11(2)8-17(7-10)14-16-13(9-18-14)6-15-12-3-4-12/h9-12,15H,3-8H2,1-2H3. The molecular formula is C14H23N3S. The Balaban J connectivity index is 1.60. The zero-order valence-corrected chi connectivity index (χ0v) is 12.2. The smallest absolute Gasteiger partial charge is 0.185 e. The van der Waals surface area contributed by atoms with Crippen LogP contribution < -0.4 is 10.2 Å². The van der Waals surface area contributed by atoms with Crippen molar-refractivity contribution in [3.05, 3.63) is 11.1 Å². The maximum Gasteiger partial charge on any atom is 0.185 e. The molecule has 0 aromatic carbocycles. The van der Waals surface area contributed by atoms with Gasteiger partial charge in [0.15, 0.2) is 5.13 Å². The Kier molecular flexibility index (Phi) is 3.57. The van der Waals surface area contributed by atoms with Crippen LogP contribution in [0, 0.1) is 11.8 Å². The van der Waals surface area contributed by atoms with Crippen LogP contribution in [0.1, 0.15) is 38.8 Å². The molecule has 1 aliphatic carbocycles. The van der Waals surface area contributed by atoms with Crippen molar-refractivity contribution in [1.29, 1.82) is 0 Å². The summed E-state index contributed by atoms with van der Waals surface area (Å²) in [5.41, 5.74) is 1.22. The number of rotatable bonds is 4. The predicted octanol–water partition coefficient (Wildman–Crippen LogP) is 2.88. The van der Waals surface area contributed by atoms with E-state index in [2.05, 4.69) is 29.4 Å². The minimum atomic E-state index is 0.769. The third-order valence-corrected chi connectivity index (χ3v) is 4.78. The molecule has 1 N–H and O–H groups in total. The lowest BCUT2D eigenvalue weighted by Crippen LogP contribution is -2.38. The summed E-state index contributed by atoms with van der Waals surface area (Å²) in [5.74, 6) is 1.59. The average Bonchev–Trinajstić information content (AvgIpc) is 3.02. The van der Waals surface area contributed by atoms with Crippen molar-refractivity contribution in [2.45, 2.75) is 45.7 Å². The second kappa shape index (κ2) is 5.17. The zero-order chi connectivity index (χ0) is 12.5. The molecule has 1 saturated carbocycles. The molecule has 3 nitrogen and oxygen atoms in total. The molecule has 1 saturated heterocycles. The zero-order valence-electron chi connectivity index (χ0n) is 11.4. The number of aromatic nitrogens is 1. The van der Waals surface area contributed by atoms with Crippen molar-refractivity contribution in [3.63, 3.8) is 0 Å². The molecule has 18 heavy (non-hydrogen) atoms. The number of piperidine rings is 1. The highest BCUT2D eigenvalue weighted by molar-refractivity contribution is 7.13. The fourth-order valence-electron chi connectivity index (χ4n) is 2.88. The normalized spacial score (nSPS) is 28.7. The van der Waals surface area contributed by atoms with Gasteiger partial charge in [0.2, 0.25) is 0 Å². The number of nitrogens with zero attached hydrogens (tertiary/aromatic N) is 2. The average molecular weight is 265 g/mol.